The van der Waals surface area contributed by atoms with Gasteiger partial charge in [0.05, 0.1) is 35.5 Å². The molecule has 0 aliphatic heterocycles. The lowest BCUT2D eigenvalue weighted by Crippen LogP contribution is -1.95. The molecule has 0 fully saturated rings. The molecule has 0 aliphatic rings. The monoisotopic (exact) mass is 330 g/mol. The molecule has 0 saturated carbocycles. The molecule has 0 atom stereocenters. The third-order valence-electron chi connectivity index (χ3n) is 3.58. The fraction of sp³-hybridized carbons (Fsp3) is 0.263. The SMILES string of the molecule is COc1ccc(OC)c(C=Cc2cc(OC)c(OC)c(OC)c2)c1. The van der Waals surface area contributed by atoms with Crippen molar-refractivity contribution in [2.75, 3.05) is 35.5 Å². The summed E-state index contributed by atoms with van der Waals surface area (Å²) in [5, 5.41) is 0. The molecule has 2 aromatic rings. The molecule has 0 bridgehead atoms. The van der Waals surface area contributed by atoms with E-state index in [4.69, 9.17) is 23.7 Å². The first kappa shape index (κ1) is 17.5. The van der Waals surface area contributed by atoms with E-state index in [1.54, 1.807) is 35.5 Å². The van der Waals surface area contributed by atoms with Gasteiger partial charge in [-0.25, -0.2) is 0 Å². The molecule has 0 unspecified atom stereocenters. The number of benzene rings is 2. The summed E-state index contributed by atoms with van der Waals surface area (Å²) in [7, 11) is 8.04. The van der Waals surface area contributed by atoms with Crippen LogP contribution in [-0.4, -0.2) is 35.5 Å². The van der Waals surface area contributed by atoms with Gasteiger partial charge in [-0.05, 0) is 35.9 Å². The topological polar surface area (TPSA) is 46.2 Å². The zero-order valence-electron chi connectivity index (χ0n) is 14.6. The van der Waals surface area contributed by atoms with Crippen LogP contribution < -0.4 is 23.7 Å². The van der Waals surface area contributed by atoms with Crippen molar-refractivity contribution >= 4 is 12.2 Å². The van der Waals surface area contributed by atoms with Gasteiger partial charge in [0.25, 0.3) is 0 Å². The molecule has 0 aliphatic carbocycles. The maximum atomic E-state index is 5.38. The Balaban J connectivity index is 2.42. The molecule has 0 heterocycles. The van der Waals surface area contributed by atoms with Gasteiger partial charge in [-0.3, -0.25) is 0 Å². The van der Waals surface area contributed by atoms with Crippen molar-refractivity contribution in [2.24, 2.45) is 0 Å². The maximum absolute atomic E-state index is 5.38. The van der Waals surface area contributed by atoms with E-state index >= 15 is 0 Å². The van der Waals surface area contributed by atoms with Crippen molar-refractivity contribution in [3.8, 4) is 28.7 Å². The van der Waals surface area contributed by atoms with E-state index in [2.05, 4.69) is 0 Å². The molecular formula is C19H22O5. The third kappa shape index (κ3) is 3.74. The minimum atomic E-state index is 0.566. The minimum Gasteiger partial charge on any atom is -0.497 e. The Labute approximate surface area is 142 Å². The summed E-state index contributed by atoms with van der Waals surface area (Å²) in [6, 6.07) is 9.39. The number of ether oxygens (including phenoxy) is 5. The predicted molar refractivity (Wildman–Crippen MR) is 94.6 cm³/mol. The Morgan fingerprint density at radius 2 is 1.25 bits per heavy atom. The van der Waals surface area contributed by atoms with Crippen molar-refractivity contribution in [1.82, 2.24) is 0 Å². The van der Waals surface area contributed by atoms with Crippen LogP contribution >= 0.6 is 0 Å². The summed E-state index contributed by atoms with van der Waals surface area (Å²) >= 11 is 0. The van der Waals surface area contributed by atoms with Crippen LogP contribution in [0, 0.1) is 0 Å². The molecule has 0 aromatic heterocycles. The highest BCUT2D eigenvalue weighted by Crippen LogP contribution is 2.38. The summed E-state index contributed by atoms with van der Waals surface area (Å²) in [4.78, 5) is 0. The van der Waals surface area contributed by atoms with E-state index in [0.29, 0.717) is 17.2 Å². The standard InChI is InChI=1S/C19H22O5/c1-20-15-8-9-16(21-2)14(12-15)7-6-13-10-17(22-3)19(24-5)18(11-13)23-4/h6-12H,1-5H3. The highest BCUT2D eigenvalue weighted by molar-refractivity contribution is 5.75. The molecule has 0 N–H and O–H groups in total. The van der Waals surface area contributed by atoms with E-state index in [-0.39, 0.29) is 0 Å². The van der Waals surface area contributed by atoms with Gasteiger partial charge in [0.2, 0.25) is 5.75 Å². The number of hydrogen-bond donors (Lipinski definition) is 0. The van der Waals surface area contributed by atoms with Gasteiger partial charge in [0.15, 0.2) is 11.5 Å². The molecule has 0 saturated heterocycles. The van der Waals surface area contributed by atoms with E-state index in [9.17, 15) is 0 Å². The van der Waals surface area contributed by atoms with Crippen LogP contribution in [-0.2, 0) is 0 Å². The first-order valence-corrected chi connectivity index (χ1v) is 7.37. The second-order valence-electron chi connectivity index (χ2n) is 4.90. The minimum absolute atomic E-state index is 0.566. The van der Waals surface area contributed by atoms with Crippen molar-refractivity contribution in [2.45, 2.75) is 0 Å². The zero-order chi connectivity index (χ0) is 17.5. The highest BCUT2D eigenvalue weighted by Gasteiger charge is 2.12. The van der Waals surface area contributed by atoms with Crippen LogP contribution in [0.1, 0.15) is 11.1 Å². The van der Waals surface area contributed by atoms with Crippen LogP contribution in [0.2, 0.25) is 0 Å². The van der Waals surface area contributed by atoms with Crippen LogP contribution in [0.4, 0.5) is 0 Å². The normalized spacial score (nSPS) is 10.5. The highest BCUT2D eigenvalue weighted by atomic mass is 16.5. The largest absolute Gasteiger partial charge is 0.497 e. The van der Waals surface area contributed by atoms with Crippen LogP contribution in [0.25, 0.3) is 12.2 Å². The summed E-state index contributed by atoms with van der Waals surface area (Å²) in [6.45, 7) is 0. The summed E-state index contributed by atoms with van der Waals surface area (Å²) < 4.78 is 26.7. The van der Waals surface area contributed by atoms with E-state index < -0.39 is 0 Å². The Kier molecular flexibility index (Phi) is 5.95. The average molecular weight is 330 g/mol. The van der Waals surface area contributed by atoms with Crippen molar-refractivity contribution in [3.63, 3.8) is 0 Å². The van der Waals surface area contributed by atoms with Crippen molar-refractivity contribution in [3.05, 3.63) is 41.5 Å². The quantitative estimate of drug-likeness (QED) is 0.721. The maximum Gasteiger partial charge on any atom is 0.203 e. The summed E-state index contributed by atoms with van der Waals surface area (Å²) in [6.07, 6.45) is 3.89. The number of methoxy groups -OCH3 is 5. The molecule has 0 amide bonds. The molecule has 2 aromatic carbocycles. The molecule has 5 heteroatoms. The number of rotatable bonds is 7. The second-order valence-corrected chi connectivity index (χ2v) is 4.90. The van der Waals surface area contributed by atoms with Crippen LogP contribution in [0.5, 0.6) is 28.7 Å². The molecular weight excluding hydrogens is 308 g/mol. The predicted octanol–water partition coefficient (Wildman–Crippen LogP) is 3.90. The molecule has 2 rings (SSSR count). The fourth-order valence-corrected chi connectivity index (χ4v) is 2.35. The lowest BCUT2D eigenvalue weighted by atomic mass is 10.1. The van der Waals surface area contributed by atoms with E-state index in [1.807, 2.05) is 42.5 Å². The molecule has 0 spiro atoms. The van der Waals surface area contributed by atoms with E-state index in [1.165, 1.54) is 0 Å². The lowest BCUT2D eigenvalue weighted by Gasteiger charge is -2.13. The Morgan fingerprint density at radius 3 is 1.75 bits per heavy atom. The second kappa shape index (κ2) is 8.15. The van der Waals surface area contributed by atoms with Gasteiger partial charge in [0, 0.05) is 5.56 Å². The molecule has 5 nitrogen and oxygen atoms in total. The van der Waals surface area contributed by atoms with Crippen LogP contribution in [0.3, 0.4) is 0 Å². The van der Waals surface area contributed by atoms with Gasteiger partial charge >= 0.3 is 0 Å². The smallest absolute Gasteiger partial charge is 0.203 e. The van der Waals surface area contributed by atoms with Gasteiger partial charge in [-0.15, -0.1) is 0 Å². The van der Waals surface area contributed by atoms with Gasteiger partial charge in [-0.1, -0.05) is 12.2 Å². The van der Waals surface area contributed by atoms with Crippen molar-refractivity contribution in [1.29, 1.82) is 0 Å². The van der Waals surface area contributed by atoms with Crippen molar-refractivity contribution < 1.29 is 23.7 Å². The molecule has 0 radical (unpaired) electrons. The van der Waals surface area contributed by atoms with Gasteiger partial charge in [0.1, 0.15) is 11.5 Å². The van der Waals surface area contributed by atoms with Crippen LogP contribution in [0.15, 0.2) is 30.3 Å². The molecule has 24 heavy (non-hydrogen) atoms. The summed E-state index contributed by atoms with van der Waals surface area (Å²) in [5.41, 5.74) is 1.82. The number of hydrogen-bond acceptors (Lipinski definition) is 5. The zero-order valence-corrected chi connectivity index (χ0v) is 14.6. The Hall–Kier alpha value is -2.82. The fourth-order valence-electron chi connectivity index (χ4n) is 2.35. The Morgan fingerprint density at radius 1 is 0.625 bits per heavy atom. The van der Waals surface area contributed by atoms with Gasteiger partial charge in [-0.2, -0.15) is 0 Å². The Bertz CT molecular complexity index is 697. The molecule has 128 valence electrons. The first-order chi connectivity index (χ1) is 11.7. The van der Waals surface area contributed by atoms with E-state index in [0.717, 1.165) is 22.6 Å². The first-order valence-electron chi connectivity index (χ1n) is 7.37. The summed E-state index contributed by atoms with van der Waals surface area (Å²) in [5.74, 6) is 3.30. The average Bonchev–Trinajstić information content (AvgIpc) is 2.64. The lowest BCUT2D eigenvalue weighted by molar-refractivity contribution is 0.324. The van der Waals surface area contributed by atoms with Gasteiger partial charge < -0.3 is 23.7 Å². The third-order valence-corrected chi connectivity index (χ3v) is 3.58.